The summed E-state index contributed by atoms with van der Waals surface area (Å²) >= 11 is 1.31. The normalized spacial score (nSPS) is 15.2. The minimum atomic E-state index is 0.423. The number of rotatable bonds is 4. The number of aromatic nitrogens is 2. The van der Waals surface area contributed by atoms with Crippen LogP contribution >= 0.6 is 11.3 Å². The molecule has 0 unspecified atom stereocenters. The van der Waals surface area contributed by atoms with Crippen LogP contribution in [0, 0.1) is 0 Å². The lowest BCUT2D eigenvalue weighted by Gasteiger charge is -2.26. The van der Waals surface area contributed by atoms with Gasteiger partial charge in [-0.3, -0.25) is 4.79 Å². The number of aldehydes is 1. The van der Waals surface area contributed by atoms with Crippen LogP contribution in [0.5, 0.6) is 5.75 Å². The van der Waals surface area contributed by atoms with Gasteiger partial charge in [0.05, 0.1) is 28.3 Å². The third-order valence-corrected chi connectivity index (χ3v) is 6.16. The van der Waals surface area contributed by atoms with Gasteiger partial charge in [0.25, 0.3) is 0 Å². The molecular weight excluding hydrogens is 374 g/mol. The van der Waals surface area contributed by atoms with Gasteiger partial charge in [-0.25, -0.2) is 9.97 Å². The van der Waals surface area contributed by atoms with E-state index >= 15 is 0 Å². The molecule has 5 N–H and O–H groups in total. The standard InChI is InChI=1S/C19H18N4O2S.CH5N/c20-16-14(9-24)26-18-15(16)17(22-19(23-18)21-12-2-1-3-12)11-5-4-10-6-7-25-13(10)8-11;1-2/h4-5,8-9,12H,1-3,6-7,20H2,(H,21,22,23);2H2,1H3. The molecule has 2 aromatic heterocycles. The van der Waals surface area contributed by atoms with Crippen molar-refractivity contribution in [2.24, 2.45) is 5.73 Å². The predicted molar refractivity (Wildman–Crippen MR) is 113 cm³/mol. The average Bonchev–Trinajstić information content (AvgIpc) is 3.29. The molecule has 8 heteroatoms. The molecule has 0 saturated heterocycles. The van der Waals surface area contributed by atoms with Crippen molar-refractivity contribution in [1.29, 1.82) is 0 Å². The van der Waals surface area contributed by atoms with Crippen LogP contribution in [0.4, 0.5) is 11.6 Å². The third kappa shape index (κ3) is 3.18. The van der Waals surface area contributed by atoms with Crippen LogP contribution < -0.4 is 21.5 Å². The van der Waals surface area contributed by atoms with Crippen LogP contribution in [0.25, 0.3) is 21.5 Å². The molecular formula is C20H23N5O2S. The highest BCUT2D eigenvalue weighted by molar-refractivity contribution is 7.21. The van der Waals surface area contributed by atoms with Gasteiger partial charge in [-0.1, -0.05) is 12.1 Å². The lowest BCUT2D eigenvalue weighted by Crippen LogP contribution is -2.28. The Bertz CT molecular complexity index is 1030. The molecule has 3 heterocycles. The maximum Gasteiger partial charge on any atom is 0.224 e. The minimum absolute atomic E-state index is 0.423. The van der Waals surface area contributed by atoms with E-state index in [1.807, 2.05) is 12.1 Å². The lowest BCUT2D eigenvalue weighted by atomic mass is 9.93. The van der Waals surface area contributed by atoms with Gasteiger partial charge < -0.3 is 21.5 Å². The highest BCUT2D eigenvalue weighted by atomic mass is 32.1. The molecule has 1 aliphatic carbocycles. The van der Waals surface area contributed by atoms with Crippen LogP contribution in [0.15, 0.2) is 18.2 Å². The van der Waals surface area contributed by atoms with E-state index in [9.17, 15) is 4.79 Å². The lowest BCUT2D eigenvalue weighted by molar-refractivity contribution is 0.112. The van der Waals surface area contributed by atoms with E-state index in [1.165, 1.54) is 30.4 Å². The van der Waals surface area contributed by atoms with Crippen LogP contribution in [0.2, 0.25) is 0 Å². The van der Waals surface area contributed by atoms with Gasteiger partial charge in [-0.15, -0.1) is 11.3 Å². The summed E-state index contributed by atoms with van der Waals surface area (Å²) < 4.78 is 5.71. The number of ether oxygens (including phenoxy) is 1. The average molecular weight is 398 g/mol. The highest BCUT2D eigenvalue weighted by Crippen LogP contribution is 2.40. The van der Waals surface area contributed by atoms with Crippen molar-refractivity contribution in [1.82, 2.24) is 9.97 Å². The smallest absolute Gasteiger partial charge is 0.224 e. The van der Waals surface area contributed by atoms with E-state index in [0.29, 0.717) is 29.2 Å². The molecule has 0 radical (unpaired) electrons. The van der Waals surface area contributed by atoms with Gasteiger partial charge in [0, 0.05) is 18.0 Å². The van der Waals surface area contributed by atoms with Gasteiger partial charge in [-0.2, -0.15) is 0 Å². The molecule has 3 aromatic rings. The topological polar surface area (TPSA) is 116 Å². The zero-order chi connectivity index (χ0) is 19.7. The first-order valence-electron chi connectivity index (χ1n) is 9.38. The van der Waals surface area contributed by atoms with Crippen LogP contribution in [0.1, 0.15) is 34.5 Å². The maximum atomic E-state index is 11.4. The van der Waals surface area contributed by atoms with E-state index in [1.54, 1.807) is 0 Å². The highest BCUT2D eigenvalue weighted by Gasteiger charge is 2.23. The number of benzene rings is 1. The molecule has 28 heavy (non-hydrogen) atoms. The molecule has 0 bridgehead atoms. The number of anilines is 2. The predicted octanol–water partition coefficient (Wildman–Crippen LogP) is 3.23. The van der Waals surface area contributed by atoms with Crippen molar-refractivity contribution in [2.45, 2.75) is 31.7 Å². The second-order valence-corrected chi connectivity index (χ2v) is 7.80. The number of carbonyl (C=O) groups is 1. The van der Waals surface area contributed by atoms with E-state index in [-0.39, 0.29) is 0 Å². The monoisotopic (exact) mass is 397 g/mol. The Morgan fingerprint density at radius 3 is 2.82 bits per heavy atom. The van der Waals surface area contributed by atoms with Crippen LogP contribution in [-0.4, -0.2) is 36.0 Å². The number of nitrogen functional groups attached to an aromatic ring is 1. The molecule has 0 amide bonds. The Morgan fingerprint density at radius 1 is 1.29 bits per heavy atom. The molecule has 1 aromatic carbocycles. The van der Waals surface area contributed by atoms with Crippen LogP contribution in [0.3, 0.4) is 0 Å². The number of fused-ring (bicyclic) bond motifs is 2. The Balaban J connectivity index is 0.000000932. The molecule has 5 rings (SSSR count). The zero-order valence-corrected chi connectivity index (χ0v) is 16.5. The number of nitrogens with two attached hydrogens (primary N) is 2. The fourth-order valence-electron chi connectivity index (χ4n) is 3.45. The number of carbonyl (C=O) groups excluding carboxylic acids is 1. The molecule has 1 saturated carbocycles. The largest absolute Gasteiger partial charge is 0.493 e. The fourth-order valence-corrected chi connectivity index (χ4v) is 4.36. The first-order valence-corrected chi connectivity index (χ1v) is 10.2. The second kappa shape index (κ2) is 7.73. The summed E-state index contributed by atoms with van der Waals surface area (Å²) in [6, 6.07) is 6.55. The first kappa shape index (κ1) is 18.6. The van der Waals surface area contributed by atoms with Crippen molar-refractivity contribution in [3.8, 4) is 17.0 Å². The number of hydrogen-bond donors (Lipinski definition) is 3. The Labute approximate surface area is 167 Å². The zero-order valence-electron chi connectivity index (χ0n) is 15.7. The number of nitrogens with zero attached hydrogens (tertiary/aromatic N) is 2. The molecule has 146 valence electrons. The van der Waals surface area contributed by atoms with E-state index in [4.69, 9.17) is 15.5 Å². The van der Waals surface area contributed by atoms with Crippen LogP contribution in [-0.2, 0) is 6.42 Å². The molecule has 0 spiro atoms. The Morgan fingerprint density at radius 2 is 2.11 bits per heavy atom. The van der Waals surface area contributed by atoms with Crippen molar-refractivity contribution < 1.29 is 9.53 Å². The van der Waals surface area contributed by atoms with Crippen molar-refractivity contribution in [3.05, 3.63) is 28.6 Å². The molecule has 0 atom stereocenters. The van der Waals surface area contributed by atoms with E-state index in [2.05, 4.69) is 22.1 Å². The van der Waals surface area contributed by atoms with E-state index < -0.39 is 0 Å². The summed E-state index contributed by atoms with van der Waals surface area (Å²) in [7, 11) is 1.50. The summed E-state index contributed by atoms with van der Waals surface area (Å²) in [4.78, 5) is 22.0. The van der Waals surface area contributed by atoms with Crippen molar-refractivity contribution in [2.75, 3.05) is 24.7 Å². The van der Waals surface area contributed by atoms with Gasteiger partial charge in [-0.05, 0) is 37.9 Å². The number of thiophene rings is 1. The SMILES string of the molecule is CN.Nc1c(C=O)sc2nc(NC3CCC3)nc(-c3ccc4c(c3)OCC4)c12. The fraction of sp³-hybridized carbons (Fsp3) is 0.350. The Hall–Kier alpha value is -2.71. The quantitative estimate of drug-likeness (QED) is 0.579. The molecule has 1 aliphatic heterocycles. The van der Waals surface area contributed by atoms with Gasteiger partial charge in [0.15, 0.2) is 6.29 Å². The summed E-state index contributed by atoms with van der Waals surface area (Å²) in [5.74, 6) is 1.49. The van der Waals surface area contributed by atoms with E-state index in [0.717, 1.165) is 52.8 Å². The van der Waals surface area contributed by atoms with Crippen molar-refractivity contribution >= 4 is 39.5 Å². The summed E-state index contributed by atoms with van der Waals surface area (Å²) in [6.45, 7) is 0.711. The Kier molecular flexibility index (Phi) is 5.15. The molecule has 1 fully saturated rings. The number of nitrogens with one attached hydrogen (secondary N) is 1. The minimum Gasteiger partial charge on any atom is -0.493 e. The third-order valence-electron chi connectivity index (χ3n) is 5.13. The summed E-state index contributed by atoms with van der Waals surface area (Å²) in [5, 5.41) is 4.15. The van der Waals surface area contributed by atoms with Gasteiger partial charge in [0.2, 0.25) is 5.95 Å². The van der Waals surface area contributed by atoms with Gasteiger partial charge >= 0.3 is 0 Å². The maximum absolute atomic E-state index is 11.4. The second-order valence-electron chi connectivity index (χ2n) is 6.77. The number of hydrogen-bond acceptors (Lipinski definition) is 8. The molecule has 2 aliphatic rings. The first-order chi connectivity index (χ1) is 13.7. The van der Waals surface area contributed by atoms with Crippen molar-refractivity contribution in [3.63, 3.8) is 0 Å². The van der Waals surface area contributed by atoms with Gasteiger partial charge in [0.1, 0.15) is 10.6 Å². The summed E-state index contributed by atoms with van der Waals surface area (Å²) in [6.07, 6.45) is 5.22. The summed E-state index contributed by atoms with van der Waals surface area (Å²) in [5.41, 5.74) is 14.1. The molecule has 7 nitrogen and oxygen atoms in total.